The lowest BCUT2D eigenvalue weighted by molar-refractivity contribution is -0.176. The van der Waals surface area contributed by atoms with Crippen molar-refractivity contribution in [3.8, 4) is 11.5 Å². The summed E-state index contributed by atoms with van der Waals surface area (Å²) in [6.07, 6.45) is 7.82. The van der Waals surface area contributed by atoms with Crippen LogP contribution in [0.5, 0.6) is 11.5 Å². The van der Waals surface area contributed by atoms with Gasteiger partial charge in [-0.3, -0.25) is 9.59 Å². The molecule has 1 saturated heterocycles. The number of fused-ring (bicyclic) bond motifs is 2. The van der Waals surface area contributed by atoms with Crippen molar-refractivity contribution in [1.29, 1.82) is 0 Å². The Morgan fingerprint density at radius 3 is 2.62 bits per heavy atom. The van der Waals surface area contributed by atoms with Crippen molar-refractivity contribution < 1.29 is 23.8 Å². The first kappa shape index (κ1) is 25.6. The largest absolute Gasteiger partial charge is 0.491 e. The van der Waals surface area contributed by atoms with Crippen LogP contribution >= 0.6 is 0 Å². The normalized spacial score (nSPS) is 22.8. The van der Waals surface area contributed by atoms with Crippen LogP contribution in [0.2, 0.25) is 0 Å². The van der Waals surface area contributed by atoms with E-state index < -0.39 is 5.60 Å². The van der Waals surface area contributed by atoms with Crippen LogP contribution in [0.25, 0.3) is 0 Å². The van der Waals surface area contributed by atoms with Crippen LogP contribution in [0.3, 0.4) is 0 Å². The molecule has 3 aliphatic rings. The Kier molecular flexibility index (Phi) is 7.99. The number of hydrogen-bond donors (Lipinski definition) is 0. The lowest BCUT2D eigenvalue weighted by Gasteiger charge is -2.43. The topological polar surface area (TPSA) is 68.3 Å². The van der Waals surface area contributed by atoms with E-state index in [2.05, 4.69) is 18.2 Å². The van der Waals surface area contributed by atoms with E-state index in [1.165, 1.54) is 29.5 Å². The molecule has 2 aliphatic heterocycles. The van der Waals surface area contributed by atoms with E-state index in [4.69, 9.17) is 14.2 Å². The maximum Gasteiger partial charge on any atom is 0.260 e. The Labute approximate surface area is 219 Å². The average Bonchev–Trinajstić information content (AvgIpc) is 2.93. The number of aryl methyl sites for hydroxylation is 3. The second kappa shape index (κ2) is 11.5. The van der Waals surface area contributed by atoms with Gasteiger partial charge < -0.3 is 24.0 Å². The monoisotopic (exact) mass is 506 g/mol. The molecule has 1 unspecified atom stereocenters. The zero-order valence-corrected chi connectivity index (χ0v) is 21.9. The highest BCUT2D eigenvalue weighted by Gasteiger charge is 2.46. The summed E-state index contributed by atoms with van der Waals surface area (Å²) in [5.74, 6) is 1.43. The summed E-state index contributed by atoms with van der Waals surface area (Å²) < 4.78 is 18.1. The first-order valence-electron chi connectivity index (χ1n) is 13.7. The molecule has 1 spiro atoms. The minimum absolute atomic E-state index is 0.0382. The van der Waals surface area contributed by atoms with Crippen LogP contribution < -0.4 is 9.47 Å². The summed E-state index contributed by atoms with van der Waals surface area (Å²) in [4.78, 5) is 30.3. The molecule has 37 heavy (non-hydrogen) atoms. The van der Waals surface area contributed by atoms with Crippen molar-refractivity contribution in [2.24, 2.45) is 0 Å². The average molecular weight is 507 g/mol. The third kappa shape index (κ3) is 5.93. The van der Waals surface area contributed by atoms with E-state index in [0.717, 1.165) is 43.6 Å². The molecule has 2 heterocycles. The molecule has 2 aromatic carbocycles. The van der Waals surface area contributed by atoms with Gasteiger partial charge in [0.1, 0.15) is 18.1 Å². The van der Waals surface area contributed by atoms with Gasteiger partial charge >= 0.3 is 0 Å². The van der Waals surface area contributed by atoms with Crippen molar-refractivity contribution in [1.82, 2.24) is 9.80 Å². The third-order valence-electron chi connectivity index (χ3n) is 7.89. The second-order valence-corrected chi connectivity index (χ2v) is 10.5. The number of rotatable bonds is 3. The van der Waals surface area contributed by atoms with Crippen molar-refractivity contribution in [3.63, 3.8) is 0 Å². The van der Waals surface area contributed by atoms with Gasteiger partial charge in [0.25, 0.3) is 11.8 Å². The molecular formula is C30H38N2O5. The van der Waals surface area contributed by atoms with E-state index in [9.17, 15) is 9.59 Å². The SMILES string of the molecule is CN1CCOc2ccccc2CCCCC2(CN(C(=O)COc3ccc4c(c3)CCCC4)CCO2)C1=O. The van der Waals surface area contributed by atoms with Crippen LogP contribution in [0.4, 0.5) is 0 Å². The molecule has 1 aliphatic carbocycles. The van der Waals surface area contributed by atoms with E-state index in [0.29, 0.717) is 32.7 Å². The molecule has 0 aromatic heterocycles. The molecule has 198 valence electrons. The number of carbonyl (C=O) groups is 2. The first-order chi connectivity index (χ1) is 18.0. The molecule has 1 atom stereocenters. The quantitative estimate of drug-likeness (QED) is 0.634. The van der Waals surface area contributed by atoms with Crippen LogP contribution in [0.15, 0.2) is 42.5 Å². The maximum absolute atomic E-state index is 13.6. The summed E-state index contributed by atoms with van der Waals surface area (Å²) in [7, 11) is 1.79. The predicted octanol–water partition coefficient (Wildman–Crippen LogP) is 3.81. The van der Waals surface area contributed by atoms with Gasteiger partial charge in [-0.2, -0.15) is 0 Å². The van der Waals surface area contributed by atoms with Gasteiger partial charge in [-0.05, 0) is 86.3 Å². The zero-order valence-electron chi connectivity index (χ0n) is 21.9. The predicted molar refractivity (Wildman–Crippen MR) is 141 cm³/mol. The van der Waals surface area contributed by atoms with Gasteiger partial charge in [0, 0.05) is 13.6 Å². The minimum Gasteiger partial charge on any atom is -0.491 e. The molecule has 0 radical (unpaired) electrons. The number of para-hydroxylation sites is 1. The van der Waals surface area contributed by atoms with Crippen LogP contribution in [0.1, 0.15) is 48.8 Å². The molecule has 0 bridgehead atoms. The molecule has 0 N–H and O–H groups in total. The fourth-order valence-electron chi connectivity index (χ4n) is 5.74. The number of carbonyl (C=O) groups excluding carboxylic acids is 2. The Hall–Kier alpha value is -3.06. The highest BCUT2D eigenvalue weighted by molar-refractivity contribution is 5.87. The maximum atomic E-state index is 13.6. The minimum atomic E-state index is -1.03. The second-order valence-electron chi connectivity index (χ2n) is 10.5. The summed E-state index contributed by atoms with van der Waals surface area (Å²) in [5, 5.41) is 0. The molecule has 7 heteroatoms. The van der Waals surface area contributed by atoms with Gasteiger partial charge in [0.2, 0.25) is 0 Å². The first-order valence-corrected chi connectivity index (χ1v) is 13.7. The fraction of sp³-hybridized carbons (Fsp3) is 0.533. The number of benzene rings is 2. The van der Waals surface area contributed by atoms with Crippen LogP contribution in [-0.2, 0) is 33.6 Å². The molecule has 1 fully saturated rings. The van der Waals surface area contributed by atoms with Gasteiger partial charge in [-0.15, -0.1) is 0 Å². The number of morpholine rings is 1. The zero-order chi connectivity index (χ0) is 25.7. The number of amides is 2. The van der Waals surface area contributed by atoms with E-state index in [1.54, 1.807) is 16.8 Å². The Morgan fingerprint density at radius 1 is 0.946 bits per heavy atom. The van der Waals surface area contributed by atoms with Gasteiger partial charge in [0.05, 0.1) is 19.7 Å². The lowest BCUT2D eigenvalue weighted by atomic mass is 9.91. The highest BCUT2D eigenvalue weighted by Crippen LogP contribution is 2.30. The Balaban J connectivity index is 1.24. The standard InChI is InChI=1S/C30H38N2O5/c1-31-16-18-35-27-12-5-4-9-24(27)10-6-7-15-30(29(31)34)22-32(17-19-37-30)28(33)21-36-26-14-13-23-8-2-3-11-25(23)20-26/h4-5,9,12-14,20H,2-3,6-8,10-11,15-19,21-22H2,1H3. The summed E-state index contributed by atoms with van der Waals surface area (Å²) in [6, 6.07) is 14.3. The van der Waals surface area contributed by atoms with Crippen molar-refractivity contribution in [2.75, 3.05) is 46.5 Å². The smallest absolute Gasteiger partial charge is 0.260 e. The molecule has 0 saturated carbocycles. The van der Waals surface area contributed by atoms with Crippen molar-refractivity contribution >= 4 is 11.8 Å². The third-order valence-corrected chi connectivity index (χ3v) is 7.89. The van der Waals surface area contributed by atoms with Crippen LogP contribution in [-0.4, -0.2) is 73.7 Å². The molecule has 2 amide bonds. The highest BCUT2D eigenvalue weighted by atomic mass is 16.5. The van der Waals surface area contributed by atoms with Gasteiger partial charge in [-0.25, -0.2) is 0 Å². The number of ether oxygens (including phenoxy) is 3. The number of likely N-dealkylation sites (N-methyl/N-ethyl adjacent to an activating group) is 1. The fourth-order valence-corrected chi connectivity index (χ4v) is 5.74. The number of hydrogen-bond acceptors (Lipinski definition) is 5. The van der Waals surface area contributed by atoms with Crippen molar-refractivity contribution in [2.45, 2.75) is 57.0 Å². The summed E-state index contributed by atoms with van der Waals surface area (Å²) in [5.41, 5.74) is 2.87. The Bertz CT molecular complexity index is 1120. The molecule has 7 nitrogen and oxygen atoms in total. The number of nitrogens with zero attached hydrogens (tertiary/aromatic N) is 2. The van der Waals surface area contributed by atoms with Gasteiger partial charge in [-0.1, -0.05) is 24.3 Å². The molecule has 2 aromatic rings. The van der Waals surface area contributed by atoms with E-state index in [1.807, 2.05) is 24.3 Å². The summed E-state index contributed by atoms with van der Waals surface area (Å²) in [6.45, 7) is 1.87. The van der Waals surface area contributed by atoms with Crippen molar-refractivity contribution in [3.05, 3.63) is 59.2 Å². The Morgan fingerprint density at radius 2 is 1.73 bits per heavy atom. The van der Waals surface area contributed by atoms with E-state index in [-0.39, 0.29) is 25.0 Å². The van der Waals surface area contributed by atoms with Crippen LogP contribution in [0, 0.1) is 0 Å². The summed E-state index contributed by atoms with van der Waals surface area (Å²) >= 11 is 0. The molecular weight excluding hydrogens is 468 g/mol. The van der Waals surface area contributed by atoms with Gasteiger partial charge in [0.15, 0.2) is 12.2 Å². The van der Waals surface area contributed by atoms with E-state index >= 15 is 0 Å². The lowest BCUT2D eigenvalue weighted by Crippen LogP contribution is -2.61. The molecule has 5 rings (SSSR count).